The predicted molar refractivity (Wildman–Crippen MR) is 82.1 cm³/mol. The van der Waals surface area contributed by atoms with Crippen molar-refractivity contribution in [1.29, 1.82) is 0 Å². The molecule has 3 aromatic rings. The van der Waals surface area contributed by atoms with Crippen LogP contribution in [0.4, 0.5) is 0 Å². The van der Waals surface area contributed by atoms with Gasteiger partial charge in [-0.25, -0.2) is 0 Å². The monoisotopic (exact) mass is 316 g/mol. The number of fused-ring (bicyclic) bond motifs is 1. The lowest BCUT2D eigenvalue weighted by molar-refractivity contribution is 1.60. The van der Waals surface area contributed by atoms with Crippen molar-refractivity contribution in [3.05, 3.63) is 70.2 Å². The molecule has 0 N–H and O–H groups in total. The second-order valence-corrected chi connectivity index (χ2v) is 5.48. The minimum absolute atomic E-state index is 0.774. The van der Waals surface area contributed by atoms with Gasteiger partial charge in [0.05, 0.1) is 0 Å². The Morgan fingerprint density at radius 1 is 0.778 bits per heavy atom. The summed E-state index contributed by atoms with van der Waals surface area (Å²) >= 11 is 9.58. The first-order valence-electron chi connectivity index (χ1n) is 5.68. The van der Waals surface area contributed by atoms with Crippen molar-refractivity contribution >= 4 is 38.3 Å². The molecule has 2 heteroatoms. The van der Waals surface area contributed by atoms with E-state index in [-0.39, 0.29) is 0 Å². The summed E-state index contributed by atoms with van der Waals surface area (Å²) in [6.07, 6.45) is 0. The lowest BCUT2D eigenvalue weighted by Gasteiger charge is -2.06. The van der Waals surface area contributed by atoms with Crippen molar-refractivity contribution in [1.82, 2.24) is 0 Å². The van der Waals surface area contributed by atoms with Gasteiger partial charge in [-0.15, -0.1) is 0 Å². The van der Waals surface area contributed by atoms with Crippen LogP contribution < -0.4 is 0 Å². The van der Waals surface area contributed by atoms with E-state index in [1.165, 1.54) is 21.9 Å². The van der Waals surface area contributed by atoms with Gasteiger partial charge < -0.3 is 0 Å². The number of hydrogen-bond donors (Lipinski definition) is 0. The largest absolute Gasteiger partial charge is 0.0843 e. The number of rotatable bonds is 1. The summed E-state index contributed by atoms with van der Waals surface area (Å²) in [4.78, 5) is 0. The zero-order valence-corrected chi connectivity index (χ0v) is 11.9. The minimum atomic E-state index is 0.774. The first-order chi connectivity index (χ1) is 8.74. The van der Waals surface area contributed by atoms with Gasteiger partial charge in [0, 0.05) is 9.50 Å². The Balaban J connectivity index is 2.20. The second-order valence-electron chi connectivity index (χ2n) is 4.19. The van der Waals surface area contributed by atoms with Crippen molar-refractivity contribution in [3.8, 4) is 11.1 Å². The van der Waals surface area contributed by atoms with Crippen LogP contribution in [0.5, 0.6) is 0 Å². The lowest BCUT2D eigenvalue weighted by atomic mass is 10.0. The van der Waals surface area contributed by atoms with Gasteiger partial charge in [-0.2, -0.15) is 0 Å². The topological polar surface area (TPSA) is 0 Å². The molecule has 0 aliphatic carbocycles. The van der Waals surface area contributed by atoms with E-state index in [1.54, 1.807) is 0 Å². The van der Waals surface area contributed by atoms with Crippen LogP contribution in [-0.2, 0) is 0 Å². The molecule has 0 heterocycles. The SMILES string of the molecule is Clc1ccc2cc(-c3ccccc3Br)ccc2c1. The molecule has 0 unspecified atom stereocenters. The van der Waals surface area contributed by atoms with Crippen LogP contribution in [0.15, 0.2) is 65.1 Å². The minimum Gasteiger partial charge on any atom is -0.0843 e. The van der Waals surface area contributed by atoms with E-state index in [4.69, 9.17) is 11.6 Å². The molecule has 0 spiro atoms. The van der Waals surface area contributed by atoms with E-state index in [9.17, 15) is 0 Å². The standard InChI is InChI=1S/C16H10BrCl/c17-16-4-2-1-3-15(16)13-6-5-12-10-14(18)8-7-11(12)9-13/h1-10H. The van der Waals surface area contributed by atoms with Crippen LogP contribution in [0.25, 0.3) is 21.9 Å². The molecule has 3 rings (SSSR count). The lowest BCUT2D eigenvalue weighted by Crippen LogP contribution is -1.80. The highest BCUT2D eigenvalue weighted by molar-refractivity contribution is 9.10. The van der Waals surface area contributed by atoms with Gasteiger partial charge in [0.1, 0.15) is 0 Å². The molecule has 0 aromatic heterocycles. The maximum absolute atomic E-state index is 5.99. The van der Waals surface area contributed by atoms with Gasteiger partial charge in [-0.1, -0.05) is 63.9 Å². The zero-order chi connectivity index (χ0) is 12.5. The predicted octanol–water partition coefficient (Wildman–Crippen LogP) is 5.92. The number of benzene rings is 3. The number of halogens is 2. The summed E-state index contributed by atoms with van der Waals surface area (Å²) in [5.74, 6) is 0. The summed E-state index contributed by atoms with van der Waals surface area (Å²) < 4.78 is 1.11. The van der Waals surface area contributed by atoms with Crippen LogP contribution in [0.1, 0.15) is 0 Å². The second kappa shape index (κ2) is 4.75. The van der Waals surface area contributed by atoms with Gasteiger partial charge in [0.25, 0.3) is 0 Å². The third kappa shape index (κ3) is 2.16. The van der Waals surface area contributed by atoms with Crippen molar-refractivity contribution < 1.29 is 0 Å². The van der Waals surface area contributed by atoms with Crippen molar-refractivity contribution in [3.63, 3.8) is 0 Å². The summed E-state index contributed by atoms with van der Waals surface area (Å²) in [6, 6.07) is 20.6. The van der Waals surface area contributed by atoms with Crippen LogP contribution in [0.2, 0.25) is 5.02 Å². The molecule has 0 nitrogen and oxygen atoms in total. The molecule has 0 saturated carbocycles. The molecule has 0 saturated heterocycles. The molecular formula is C16H10BrCl. The first kappa shape index (κ1) is 11.8. The summed E-state index contributed by atoms with van der Waals surface area (Å²) in [5, 5.41) is 3.14. The van der Waals surface area contributed by atoms with Crippen molar-refractivity contribution in [2.24, 2.45) is 0 Å². The molecule has 0 aliphatic heterocycles. The fourth-order valence-electron chi connectivity index (χ4n) is 2.08. The quantitative estimate of drug-likeness (QED) is 0.522. The molecule has 0 fully saturated rings. The molecule has 0 atom stereocenters. The average Bonchev–Trinajstić information content (AvgIpc) is 2.39. The van der Waals surface area contributed by atoms with E-state index >= 15 is 0 Å². The van der Waals surface area contributed by atoms with E-state index < -0.39 is 0 Å². The highest BCUT2D eigenvalue weighted by Crippen LogP contribution is 2.30. The van der Waals surface area contributed by atoms with Crippen molar-refractivity contribution in [2.45, 2.75) is 0 Å². The van der Waals surface area contributed by atoms with Crippen LogP contribution in [0.3, 0.4) is 0 Å². The van der Waals surface area contributed by atoms with E-state index in [2.05, 4.69) is 52.3 Å². The Hall–Kier alpha value is -1.31. The Morgan fingerprint density at radius 3 is 2.33 bits per heavy atom. The van der Waals surface area contributed by atoms with Crippen LogP contribution in [0, 0.1) is 0 Å². The Morgan fingerprint density at radius 2 is 1.50 bits per heavy atom. The van der Waals surface area contributed by atoms with Crippen LogP contribution in [-0.4, -0.2) is 0 Å². The fourth-order valence-corrected chi connectivity index (χ4v) is 2.77. The highest BCUT2D eigenvalue weighted by Gasteiger charge is 2.03. The van der Waals surface area contributed by atoms with Gasteiger partial charge >= 0.3 is 0 Å². The number of hydrogen-bond acceptors (Lipinski definition) is 0. The summed E-state index contributed by atoms with van der Waals surface area (Å²) in [5.41, 5.74) is 2.41. The summed E-state index contributed by atoms with van der Waals surface area (Å²) in [6.45, 7) is 0. The van der Waals surface area contributed by atoms with Gasteiger partial charge in [-0.05, 0) is 46.2 Å². The molecule has 0 radical (unpaired) electrons. The summed E-state index contributed by atoms with van der Waals surface area (Å²) in [7, 11) is 0. The fraction of sp³-hybridized carbons (Fsp3) is 0. The van der Waals surface area contributed by atoms with E-state index in [0.29, 0.717) is 0 Å². The Kier molecular flexibility index (Phi) is 3.11. The molecule has 0 amide bonds. The van der Waals surface area contributed by atoms with Gasteiger partial charge in [0.15, 0.2) is 0 Å². The third-order valence-electron chi connectivity index (χ3n) is 2.99. The third-order valence-corrected chi connectivity index (χ3v) is 3.91. The van der Waals surface area contributed by atoms with Gasteiger partial charge in [-0.3, -0.25) is 0 Å². The van der Waals surface area contributed by atoms with Crippen molar-refractivity contribution in [2.75, 3.05) is 0 Å². The van der Waals surface area contributed by atoms with Gasteiger partial charge in [0.2, 0.25) is 0 Å². The van der Waals surface area contributed by atoms with E-state index in [0.717, 1.165) is 9.50 Å². The molecule has 0 bridgehead atoms. The highest BCUT2D eigenvalue weighted by atomic mass is 79.9. The maximum atomic E-state index is 5.99. The zero-order valence-electron chi connectivity index (χ0n) is 9.53. The normalized spacial score (nSPS) is 10.8. The molecule has 88 valence electrons. The Bertz CT molecular complexity index is 719. The Labute approximate surface area is 119 Å². The molecular weight excluding hydrogens is 308 g/mol. The van der Waals surface area contributed by atoms with Crippen LogP contribution >= 0.6 is 27.5 Å². The smallest absolute Gasteiger partial charge is 0.0412 e. The first-order valence-corrected chi connectivity index (χ1v) is 6.85. The molecule has 3 aromatic carbocycles. The maximum Gasteiger partial charge on any atom is 0.0412 e. The molecule has 18 heavy (non-hydrogen) atoms. The molecule has 0 aliphatic rings. The van der Waals surface area contributed by atoms with E-state index in [1.807, 2.05) is 24.3 Å². The average molecular weight is 318 g/mol.